The van der Waals surface area contributed by atoms with Crippen molar-refractivity contribution in [3.63, 3.8) is 0 Å². The van der Waals surface area contributed by atoms with E-state index in [-0.39, 0.29) is 8.80 Å². The number of rotatable bonds is 2. The van der Waals surface area contributed by atoms with Gasteiger partial charge in [-0.3, -0.25) is 0 Å². The quantitative estimate of drug-likeness (QED) is 0.475. The minimum absolute atomic E-state index is 0.307. The summed E-state index contributed by atoms with van der Waals surface area (Å²) in [4.78, 5) is 0. The summed E-state index contributed by atoms with van der Waals surface area (Å²) in [5.41, 5.74) is 7.36. The van der Waals surface area contributed by atoms with Crippen LogP contribution in [0, 0.1) is 0 Å². The predicted molar refractivity (Wildman–Crippen MR) is 87.7 cm³/mol. The third kappa shape index (κ3) is 1.61. The summed E-state index contributed by atoms with van der Waals surface area (Å²) < 4.78 is 2.57. The topological polar surface area (TPSA) is 4.93 Å². The van der Waals surface area contributed by atoms with Crippen molar-refractivity contribution in [2.24, 2.45) is 0 Å². The molecule has 4 rings (SSSR count). The lowest BCUT2D eigenvalue weighted by molar-refractivity contribution is 0.920. The van der Waals surface area contributed by atoms with E-state index in [1.807, 2.05) is 0 Å². The van der Waals surface area contributed by atoms with E-state index in [4.69, 9.17) is 0 Å². The van der Waals surface area contributed by atoms with E-state index in [0.29, 0.717) is 0 Å². The lowest BCUT2D eigenvalue weighted by Gasteiger charge is -2.12. The normalized spacial score (nSPS) is 12.9. The molecule has 1 aliphatic carbocycles. The molecule has 0 N–H and O–H groups in total. The van der Waals surface area contributed by atoms with Crippen LogP contribution >= 0.6 is 0 Å². The van der Waals surface area contributed by atoms with Crippen LogP contribution in [0.3, 0.4) is 0 Å². The molecule has 0 saturated heterocycles. The molecule has 1 nitrogen and oxygen atoms in total. The van der Waals surface area contributed by atoms with Gasteiger partial charge in [0, 0.05) is 29.1 Å². The van der Waals surface area contributed by atoms with Crippen molar-refractivity contribution < 1.29 is 0 Å². The van der Waals surface area contributed by atoms with Crippen LogP contribution in [0.1, 0.15) is 11.1 Å². The number of aromatic nitrogens is 1. The predicted octanol–water partition coefficient (Wildman–Crippen LogP) is 4.51. The molecule has 99 valence electrons. The van der Waals surface area contributed by atoms with Crippen LogP contribution in [0.25, 0.3) is 22.2 Å². The third-order valence-electron chi connectivity index (χ3n) is 4.19. The molecule has 0 fully saturated rings. The molecule has 1 aliphatic rings. The Morgan fingerprint density at radius 3 is 2.60 bits per heavy atom. The van der Waals surface area contributed by atoms with Crippen molar-refractivity contribution in [2.75, 3.05) is 0 Å². The van der Waals surface area contributed by atoms with Gasteiger partial charge in [0.15, 0.2) is 0 Å². The second kappa shape index (κ2) is 4.35. The van der Waals surface area contributed by atoms with Crippen LogP contribution in [0.4, 0.5) is 0 Å². The summed E-state index contributed by atoms with van der Waals surface area (Å²) in [6.07, 6.45) is 2.28. The summed E-state index contributed by atoms with van der Waals surface area (Å²) in [6.45, 7) is 4.79. The first-order valence-electron chi connectivity index (χ1n) is 7.23. The average Bonchev–Trinajstić information content (AvgIpc) is 2.96. The molecule has 20 heavy (non-hydrogen) atoms. The zero-order valence-corrected chi connectivity index (χ0v) is 13.0. The number of para-hydroxylation sites is 1. The van der Waals surface area contributed by atoms with Crippen molar-refractivity contribution in [3.05, 3.63) is 59.7 Å². The van der Waals surface area contributed by atoms with Crippen molar-refractivity contribution in [1.29, 1.82) is 0 Å². The zero-order valence-electron chi connectivity index (χ0n) is 12.0. The Hall–Kier alpha value is -1.80. The lowest BCUT2D eigenvalue weighted by atomic mass is 10.1. The van der Waals surface area contributed by atoms with Crippen molar-refractivity contribution >= 4 is 19.7 Å². The fourth-order valence-corrected chi connectivity index (χ4v) is 4.40. The molecule has 2 heteroatoms. The molecule has 0 bridgehead atoms. The number of benzene rings is 2. The first-order chi connectivity index (χ1) is 9.75. The van der Waals surface area contributed by atoms with Crippen LogP contribution in [-0.2, 0) is 12.6 Å². The van der Waals surface area contributed by atoms with Crippen molar-refractivity contribution in [1.82, 2.24) is 4.57 Å². The third-order valence-corrected chi connectivity index (χ3v) is 5.14. The Morgan fingerprint density at radius 2 is 1.75 bits per heavy atom. The highest BCUT2D eigenvalue weighted by Crippen LogP contribution is 2.42. The van der Waals surface area contributed by atoms with Crippen LogP contribution in [-0.4, -0.2) is 13.4 Å². The second-order valence-corrected chi connectivity index (χ2v) is 8.70. The van der Waals surface area contributed by atoms with Crippen LogP contribution in [0.15, 0.2) is 48.5 Å². The molecule has 0 amide bonds. The molecule has 1 heterocycles. The highest BCUT2D eigenvalue weighted by molar-refractivity contribution is 6.54. The van der Waals surface area contributed by atoms with Gasteiger partial charge in [-0.25, -0.2) is 0 Å². The van der Waals surface area contributed by atoms with E-state index in [2.05, 4.69) is 66.2 Å². The van der Waals surface area contributed by atoms with Crippen molar-refractivity contribution in [3.8, 4) is 11.3 Å². The van der Waals surface area contributed by atoms with E-state index in [1.54, 1.807) is 0 Å². The molecular weight excluding hydrogens is 258 g/mol. The standard InChI is InChI=1S/C18H18NSi/c1-20(2)12-19-17-10-6-5-9-15(17)16-11-13-7-3-4-8-14(13)18(16)19/h3-10H,11-12H2,1-2H3. The molecule has 0 spiro atoms. The Balaban J connectivity index is 2.06. The maximum Gasteiger partial charge on any atom is 0.0661 e. The fourth-order valence-electron chi connectivity index (χ4n) is 3.44. The van der Waals surface area contributed by atoms with Gasteiger partial charge in [0.05, 0.1) is 14.5 Å². The van der Waals surface area contributed by atoms with Gasteiger partial charge >= 0.3 is 0 Å². The van der Waals surface area contributed by atoms with Gasteiger partial charge in [-0.1, -0.05) is 55.6 Å². The van der Waals surface area contributed by atoms with Gasteiger partial charge in [-0.05, 0) is 17.2 Å². The molecule has 0 atom stereocenters. The molecule has 0 unspecified atom stereocenters. The monoisotopic (exact) mass is 276 g/mol. The summed E-state index contributed by atoms with van der Waals surface area (Å²) in [5.74, 6) is 0. The molecule has 0 saturated carbocycles. The van der Waals surface area contributed by atoms with Crippen LogP contribution < -0.4 is 0 Å². The maximum absolute atomic E-state index is 2.57. The zero-order chi connectivity index (χ0) is 13.7. The van der Waals surface area contributed by atoms with E-state index >= 15 is 0 Å². The number of nitrogens with zero attached hydrogens (tertiary/aromatic N) is 1. The lowest BCUT2D eigenvalue weighted by Crippen LogP contribution is -2.13. The Labute approximate surface area is 121 Å². The second-order valence-electron chi connectivity index (χ2n) is 5.97. The van der Waals surface area contributed by atoms with E-state index < -0.39 is 0 Å². The molecule has 1 aromatic heterocycles. The number of fused-ring (bicyclic) bond motifs is 5. The molecule has 1 radical (unpaired) electrons. The summed E-state index contributed by atoms with van der Waals surface area (Å²) in [6, 6.07) is 17.8. The highest BCUT2D eigenvalue weighted by Gasteiger charge is 2.26. The molecular formula is C18H18NSi. The van der Waals surface area contributed by atoms with E-state index in [9.17, 15) is 0 Å². The maximum atomic E-state index is 2.57. The SMILES string of the molecule is C[Si](C)Cn1c2c(c3ccccc31)Cc1ccccc1-2. The number of hydrogen-bond acceptors (Lipinski definition) is 0. The average molecular weight is 276 g/mol. The minimum Gasteiger partial charge on any atom is -0.344 e. The highest BCUT2D eigenvalue weighted by atomic mass is 28.3. The van der Waals surface area contributed by atoms with E-state index in [1.165, 1.54) is 39.5 Å². The van der Waals surface area contributed by atoms with Gasteiger partial charge in [0.2, 0.25) is 0 Å². The van der Waals surface area contributed by atoms with Gasteiger partial charge in [0.1, 0.15) is 0 Å². The first kappa shape index (κ1) is 12.0. The number of hydrogen-bond donors (Lipinski definition) is 0. The largest absolute Gasteiger partial charge is 0.344 e. The Kier molecular flexibility index (Phi) is 2.61. The molecule has 0 aliphatic heterocycles. The smallest absolute Gasteiger partial charge is 0.0661 e. The first-order valence-corrected chi connectivity index (χ1v) is 9.94. The van der Waals surface area contributed by atoms with Crippen molar-refractivity contribution in [2.45, 2.75) is 25.7 Å². The Morgan fingerprint density at radius 1 is 1.00 bits per heavy atom. The summed E-state index contributed by atoms with van der Waals surface area (Å²) in [7, 11) is -0.307. The minimum atomic E-state index is -0.307. The van der Waals surface area contributed by atoms with Gasteiger partial charge in [0.25, 0.3) is 0 Å². The summed E-state index contributed by atoms with van der Waals surface area (Å²) >= 11 is 0. The van der Waals surface area contributed by atoms with Gasteiger partial charge in [-0.2, -0.15) is 0 Å². The Bertz CT molecular complexity index is 798. The van der Waals surface area contributed by atoms with Crippen LogP contribution in [0.5, 0.6) is 0 Å². The molecule has 2 aromatic carbocycles. The van der Waals surface area contributed by atoms with Gasteiger partial charge in [-0.15, -0.1) is 0 Å². The van der Waals surface area contributed by atoms with Gasteiger partial charge < -0.3 is 4.57 Å². The fraction of sp³-hybridized carbons (Fsp3) is 0.222. The van der Waals surface area contributed by atoms with E-state index in [0.717, 1.165) is 6.42 Å². The van der Waals surface area contributed by atoms with Crippen LogP contribution in [0.2, 0.25) is 13.1 Å². The molecule has 3 aromatic rings. The summed E-state index contributed by atoms with van der Waals surface area (Å²) in [5, 5.41) is 1.45.